The first-order valence-corrected chi connectivity index (χ1v) is 10.8. The summed E-state index contributed by atoms with van der Waals surface area (Å²) in [6.45, 7) is 6.98. The van der Waals surface area contributed by atoms with Crippen molar-refractivity contribution in [3.63, 3.8) is 0 Å². The van der Waals surface area contributed by atoms with E-state index >= 15 is 0 Å². The number of rotatable bonds is 4. The van der Waals surface area contributed by atoms with E-state index in [9.17, 15) is 14.7 Å². The zero-order valence-corrected chi connectivity index (χ0v) is 17.4. The normalized spacial score (nSPS) is 44.7. The Morgan fingerprint density at radius 1 is 1.32 bits per heavy atom. The molecule has 4 heteroatoms. The molecule has 4 nitrogen and oxygen atoms in total. The van der Waals surface area contributed by atoms with Gasteiger partial charge in [0, 0.05) is 24.2 Å². The second-order valence-corrected chi connectivity index (χ2v) is 10.4. The first-order chi connectivity index (χ1) is 13.1. The highest BCUT2D eigenvalue weighted by Gasteiger charge is 2.61. The molecule has 0 aromatic rings. The fourth-order valence-electron chi connectivity index (χ4n) is 7.21. The van der Waals surface area contributed by atoms with E-state index in [4.69, 9.17) is 5.41 Å². The maximum absolute atomic E-state index is 12.1. The molecular formula is C24H33NO3. The predicted octanol–water partition coefficient (Wildman–Crippen LogP) is 5.19. The number of hydrogen-bond acceptors (Lipinski definition) is 3. The Hall–Kier alpha value is -1.71. The van der Waals surface area contributed by atoms with E-state index in [1.54, 1.807) is 6.21 Å². The molecule has 0 aliphatic heterocycles. The molecule has 2 N–H and O–H groups in total. The van der Waals surface area contributed by atoms with Crippen molar-refractivity contribution in [3.8, 4) is 0 Å². The number of carbonyl (C=O) groups is 2. The quantitative estimate of drug-likeness (QED) is 0.518. The lowest BCUT2D eigenvalue weighted by atomic mass is 9.47. The third kappa shape index (κ3) is 2.59. The van der Waals surface area contributed by atoms with Crippen LogP contribution in [0, 0.1) is 39.4 Å². The summed E-state index contributed by atoms with van der Waals surface area (Å²) in [6.07, 6.45) is 12.4. The zero-order chi connectivity index (χ0) is 20.3. The molecule has 4 aliphatic carbocycles. The van der Waals surface area contributed by atoms with Crippen molar-refractivity contribution in [3.05, 3.63) is 23.3 Å². The minimum Gasteiger partial charge on any atom is -0.481 e. The molecule has 3 unspecified atom stereocenters. The van der Waals surface area contributed by atoms with Crippen molar-refractivity contribution in [1.82, 2.24) is 0 Å². The van der Waals surface area contributed by atoms with E-state index in [0.717, 1.165) is 38.5 Å². The van der Waals surface area contributed by atoms with Crippen molar-refractivity contribution in [1.29, 1.82) is 5.41 Å². The van der Waals surface area contributed by atoms with Gasteiger partial charge in [-0.25, -0.2) is 0 Å². The van der Waals surface area contributed by atoms with Crippen LogP contribution in [-0.4, -0.2) is 23.1 Å². The van der Waals surface area contributed by atoms with Gasteiger partial charge in [0.25, 0.3) is 0 Å². The Morgan fingerprint density at radius 2 is 2.07 bits per heavy atom. The number of hydrogen-bond donors (Lipinski definition) is 2. The van der Waals surface area contributed by atoms with Crippen molar-refractivity contribution in [2.75, 3.05) is 0 Å². The number of nitrogens with one attached hydrogen (secondary N) is 1. The Balaban J connectivity index is 1.75. The van der Waals surface area contributed by atoms with Crippen LogP contribution in [0.1, 0.15) is 72.1 Å². The SMILES string of the molecule is C[C@]12CCC(=O)C=C1CC(C=N)C1C2=CC[C@@]2(C)C1CC[C@@]2(C)CCC(=O)O. The van der Waals surface area contributed by atoms with Gasteiger partial charge in [-0.3, -0.25) is 9.59 Å². The highest BCUT2D eigenvalue weighted by atomic mass is 16.4. The highest BCUT2D eigenvalue weighted by molar-refractivity contribution is 5.92. The predicted molar refractivity (Wildman–Crippen MR) is 109 cm³/mol. The number of carboxylic acid groups (broad SMARTS) is 1. The van der Waals surface area contributed by atoms with Crippen LogP contribution >= 0.6 is 0 Å². The van der Waals surface area contributed by atoms with Gasteiger partial charge in [0.2, 0.25) is 0 Å². The smallest absolute Gasteiger partial charge is 0.303 e. The average molecular weight is 384 g/mol. The number of aliphatic carboxylic acids is 1. The van der Waals surface area contributed by atoms with Gasteiger partial charge in [0.15, 0.2) is 5.78 Å². The largest absolute Gasteiger partial charge is 0.481 e. The van der Waals surface area contributed by atoms with Crippen LogP contribution in [0.2, 0.25) is 0 Å². The minimum atomic E-state index is -0.704. The fourth-order valence-corrected chi connectivity index (χ4v) is 7.21. The lowest BCUT2D eigenvalue weighted by Gasteiger charge is -2.57. The summed E-state index contributed by atoms with van der Waals surface area (Å²) in [5.41, 5.74) is 2.79. The molecule has 0 spiro atoms. The number of carboxylic acids is 1. The summed E-state index contributed by atoms with van der Waals surface area (Å²) in [5.74, 6) is 0.539. The average Bonchev–Trinajstić information content (AvgIpc) is 2.92. The van der Waals surface area contributed by atoms with E-state index < -0.39 is 5.97 Å². The van der Waals surface area contributed by atoms with E-state index in [2.05, 4.69) is 26.8 Å². The Morgan fingerprint density at radius 3 is 2.75 bits per heavy atom. The topological polar surface area (TPSA) is 78.2 Å². The number of allylic oxidation sites excluding steroid dienone is 4. The molecule has 28 heavy (non-hydrogen) atoms. The van der Waals surface area contributed by atoms with Crippen LogP contribution in [-0.2, 0) is 9.59 Å². The van der Waals surface area contributed by atoms with E-state index in [0.29, 0.717) is 18.3 Å². The molecule has 0 heterocycles. The fraction of sp³-hybridized carbons (Fsp3) is 0.708. The van der Waals surface area contributed by atoms with Crippen LogP contribution in [0.25, 0.3) is 0 Å². The number of ketones is 1. The van der Waals surface area contributed by atoms with Crippen LogP contribution in [0.3, 0.4) is 0 Å². The molecule has 0 saturated heterocycles. The Bertz CT molecular complexity index is 796. The minimum absolute atomic E-state index is 0.0283. The monoisotopic (exact) mass is 383 g/mol. The van der Waals surface area contributed by atoms with Crippen LogP contribution < -0.4 is 0 Å². The lowest BCUT2D eigenvalue weighted by molar-refractivity contribution is -0.138. The van der Waals surface area contributed by atoms with Gasteiger partial charge < -0.3 is 10.5 Å². The van der Waals surface area contributed by atoms with Crippen molar-refractivity contribution in [2.24, 2.45) is 34.0 Å². The van der Waals surface area contributed by atoms with Gasteiger partial charge in [0.05, 0.1) is 0 Å². The molecule has 4 rings (SSSR count). The van der Waals surface area contributed by atoms with Gasteiger partial charge in [-0.2, -0.15) is 0 Å². The molecule has 0 bridgehead atoms. The standard InChI is InChI=1S/C24H33NO3/c1-22(9-7-20(27)28)8-5-19-21-15(14-25)12-16-13-17(26)4-10-23(16,2)18(21)6-11-24(19,22)3/h6,13-15,19,21,25H,4-5,7-12H2,1-3H3,(H,27,28)/t15?,19?,21?,22-,23-,24-/m0/s1. The van der Waals surface area contributed by atoms with Crippen molar-refractivity contribution in [2.45, 2.75) is 72.1 Å². The summed E-state index contributed by atoms with van der Waals surface area (Å²) >= 11 is 0. The second kappa shape index (κ2) is 6.40. The first kappa shape index (κ1) is 19.6. The summed E-state index contributed by atoms with van der Waals surface area (Å²) in [4.78, 5) is 23.3. The molecule has 0 radical (unpaired) electrons. The van der Waals surface area contributed by atoms with Gasteiger partial charge in [-0.1, -0.05) is 38.0 Å². The molecule has 6 atom stereocenters. The van der Waals surface area contributed by atoms with Gasteiger partial charge in [-0.15, -0.1) is 0 Å². The molecular weight excluding hydrogens is 350 g/mol. The molecule has 2 saturated carbocycles. The van der Waals surface area contributed by atoms with E-state index in [1.165, 1.54) is 11.1 Å². The summed E-state index contributed by atoms with van der Waals surface area (Å²) in [5, 5.41) is 17.4. The van der Waals surface area contributed by atoms with Crippen LogP contribution in [0.4, 0.5) is 0 Å². The Labute approximate surface area is 168 Å². The third-order valence-electron chi connectivity index (χ3n) is 9.32. The molecule has 0 aromatic carbocycles. The molecule has 0 amide bonds. The lowest BCUT2D eigenvalue weighted by Crippen LogP contribution is -2.50. The number of carbonyl (C=O) groups excluding carboxylic acids is 1. The van der Waals surface area contributed by atoms with Crippen LogP contribution in [0.15, 0.2) is 23.3 Å². The molecule has 2 fully saturated rings. The maximum Gasteiger partial charge on any atom is 0.303 e. The number of fused-ring (bicyclic) bond motifs is 5. The van der Waals surface area contributed by atoms with E-state index in [1.807, 2.05) is 6.08 Å². The van der Waals surface area contributed by atoms with Crippen LogP contribution in [0.5, 0.6) is 0 Å². The molecule has 0 aromatic heterocycles. The van der Waals surface area contributed by atoms with Gasteiger partial charge in [-0.05, 0) is 73.5 Å². The second-order valence-electron chi connectivity index (χ2n) is 10.4. The Kier molecular flexibility index (Phi) is 4.48. The third-order valence-corrected chi connectivity index (χ3v) is 9.32. The van der Waals surface area contributed by atoms with E-state index in [-0.39, 0.29) is 34.4 Å². The summed E-state index contributed by atoms with van der Waals surface area (Å²) < 4.78 is 0. The van der Waals surface area contributed by atoms with Crippen molar-refractivity contribution < 1.29 is 14.7 Å². The molecule has 4 aliphatic rings. The highest BCUT2D eigenvalue weighted by Crippen LogP contribution is 2.69. The maximum atomic E-state index is 12.1. The summed E-state index contributed by atoms with van der Waals surface area (Å²) in [7, 11) is 0. The van der Waals surface area contributed by atoms with Crippen molar-refractivity contribution >= 4 is 18.0 Å². The van der Waals surface area contributed by atoms with Gasteiger partial charge >= 0.3 is 5.97 Å². The molecule has 152 valence electrons. The summed E-state index contributed by atoms with van der Waals surface area (Å²) in [6, 6.07) is 0. The van der Waals surface area contributed by atoms with Gasteiger partial charge in [0.1, 0.15) is 0 Å². The first-order valence-electron chi connectivity index (χ1n) is 10.8. The zero-order valence-electron chi connectivity index (χ0n) is 17.4.